The second-order valence-corrected chi connectivity index (χ2v) is 5.22. The van der Waals surface area contributed by atoms with Crippen LogP contribution < -0.4 is 5.73 Å². The minimum Gasteiger partial charge on any atom is -0.399 e. The molecular weight excluding hydrogens is 256 g/mol. The molecular formula is C14H12N4S. The van der Waals surface area contributed by atoms with Crippen molar-refractivity contribution in [2.24, 2.45) is 10.2 Å². The van der Waals surface area contributed by atoms with E-state index in [1.54, 1.807) is 12.1 Å². The van der Waals surface area contributed by atoms with Gasteiger partial charge in [-0.05, 0) is 42.8 Å². The standard InChI is InChI=1S/C14H12N4S/c1-9-3-2-4-12-13(9)16-14(19-12)18-17-11-7-5-10(15)6-8-11/h2-8H,15H2,1H3. The Kier molecular flexibility index (Phi) is 2.97. The van der Waals surface area contributed by atoms with Crippen LogP contribution >= 0.6 is 11.3 Å². The number of fused-ring (bicyclic) bond motifs is 1. The van der Waals surface area contributed by atoms with E-state index >= 15 is 0 Å². The highest BCUT2D eigenvalue weighted by Crippen LogP contribution is 2.30. The van der Waals surface area contributed by atoms with Crippen LogP contribution in [0.25, 0.3) is 10.2 Å². The minimum atomic E-state index is 0.668. The maximum absolute atomic E-state index is 5.62. The number of benzene rings is 2. The van der Waals surface area contributed by atoms with Crippen molar-refractivity contribution in [2.75, 3.05) is 5.73 Å². The van der Waals surface area contributed by atoms with Crippen LogP contribution in [-0.4, -0.2) is 4.98 Å². The van der Waals surface area contributed by atoms with Gasteiger partial charge in [-0.25, -0.2) is 4.98 Å². The van der Waals surface area contributed by atoms with Gasteiger partial charge in [-0.1, -0.05) is 23.5 Å². The predicted molar refractivity (Wildman–Crippen MR) is 79.4 cm³/mol. The summed E-state index contributed by atoms with van der Waals surface area (Å²) >= 11 is 1.54. The van der Waals surface area contributed by atoms with Crippen LogP contribution in [0, 0.1) is 6.92 Å². The fourth-order valence-corrected chi connectivity index (χ4v) is 2.62. The van der Waals surface area contributed by atoms with Crippen LogP contribution in [0.2, 0.25) is 0 Å². The Morgan fingerprint density at radius 2 is 1.84 bits per heavy atom. The van der Waals surface area contributed by atoms with Crippen molar-refractivity contribution in [2.45, 2.75) is 6.92 Å². The number of nitrogens with zero attached hydrogens (tertiary/aromatic N) is 3. The fraction of sp³-hybridized carbons (Fsp3) is 0.0714. The molecule has 0 saturated carbocycles. The second kappa shape index (κ2) is 4.78. The molecule has 0 radical (unpaired) electrons. The Hall–Kier alpha value is -2.27. The van der Waals surface area contributed by atoms with Crippen molar-refractivity contribution < 1.29 is 0 Å². The summed E-state index contributed by atoms with van der Waals surface area (Å²) in [5.74, 6) is 0. The van der Waals surface area contributed by atoms with E-state index in [0.29, 0.717) is 5.13 Å². The second-order valence-electron chi connectivity index (χ2n) is 4.21. The predicted octanol–water partition coefficient (Wildman–Crippen LogP) is 4.60. The van der Waals surface area contributed by atoms with Gasteiger partial charge in [-0.3, -0.25) is 0 Å². The lowest BCUT2D eigenvalue weighted by Gasteiger charge is -1.92. The van der Waals surface area contributed by atoms with E-state index in [1.165, 1.54) is 11.3 Å². The summed E-state index contributed by atoms with van der Waals surface area (Å²) in [5, 5.41) is 9.00. The number of nitrogens with two attached hydrogens (primary N) is 1. The number of rotatable bonds is 2. The van der Waals surface area contributed by atoms with Gasteiger partial charge in [0.2, 0.25) is 5.13 Å². The summed E-state index contributed by atoms with van der Waals surface area (Å²) < 4.78 is 1.13. The van der Waals surface area contributed by atoms with E-state index in [-0.39, 0.29) is 0 Å². The summed E-state index contributed by atoms with van der Waals surface area (Å²) in [7, 11) is 0. The number of anilines is 1. The molecule has 2 aromatic carbocycles. The molecule has 0 aliphatic rings. The largest absolute Gasteiger partial charge is 0.399 e. The van der Waals surface area contributed by atoms with Gasteiger partial charge >= 0.3 is 0 Å². The number of aromatic nitrogens is 1. The van der Waals surface area contributed by atoms with E-state index < -0.39 is 0 Å². The first-order chi connectivity index (χ1) is 9.22. The zero-order chi connectivity index (χ0) is 13.2. The Morgan fingerprint density at radius 1 is 1.05 bits per heavy atom. The van der Waals surface area contributed by atoms with Gasteiger partial charge in [0.05, 0.1) is 15.9 Å². The molecule has 0 amide bonds. The summed E-state index contributed by atoms with van der Waals surface area (Å²) in [6.45, 7) is 2.04. The average Bonchev–Trinajstić information content (AvgIpc) is 2.83. The number of para-hydroxylation sites is 1. The van der Waals surface area contributed by atoms with Crippen LogP contribution in [0.15, 0.2) is 52.7 Å². The highest BCUT2D eigenvalue weighted by Gasteiger charge is 2.04. The molecule has 5 heteroatoms. The number of azo groups is 1. The van der Waals surface area contributed by atoms with E-state index in [1.807, 2.05) is 37.3 Å². The van der Waals surface area contributed by atoms with E-state index in [4.69, 9.17) is 5.73 Å². The Bertz CT molecular complexity index is 744. The highest BCUT2D eigenvalue weighted by atomic mass is 32.1. The third-order valence-electron chi connectivity index (χ3n) is 2.75. The third-order valence-corrected chi connectivity index (χ3v) is 3.66. The molecule has 3 rings (SSSR count). The summed E-state index contributed by atoms with van der Waals surface area (Å²) in [5.41, 5.74) is 9.26. The molecule has 0 saturated heterocycles. The molecule has 0 bridgehead atoms. The van der Waals surface area contributed by atoms with Gasteiger partial charge < -0.3 is 5.73 Å². The molecule has 0 fully saturated rings. The molecule has 3 aromatic rings. The smallest absolute Gasteiger partial charge is 0.231 e. The molecule has 1 aromatic heterocycles. The number of aryl methyl sites for hydroxylation is 1. The zero-order valence-electron chi connectivity index (χ0n) is 10.4. The van der Waals surface area contributed by atoms with Crippen LogP contribution in [-0.2, 0) is 0 Å². The quantitative estimate of drug-likeness (QED) is 0.545. The lowest BCUT2D eigenvalue weighted by atomic mass is 10.2. The Balaban J connectivity index is 1.93. The van der Waals surface area contributed by atoms with Crippen LogP contribution in [0.5, 0.6) is 0 Å². The van der Waals surface area contributed by atoms with Crippen molar-refractivity contribution in [3.05, 3.63) is 48.0 Å². The van der Waals surface area contributed by atoms with Gasteiger partial charge in [0.25, 0.3) is 0 Å². The topological polar surface area (TPSA) is 63.6 Å². The molecule has 0 spiro atoms. The number of thiazole rings is 1. The molecule has 0 atom stereocenters. The van der Waals surface area contributed by atoms with E-state index in [2.05, 4.69) is 15.2 Å². The van der Waals surface area contributed by atoms with Gasteiger partial charge in [0.1, 0.15) is 0 Å². The Morgan fingerprint density at radius 3 is 2.58 bits per heavy atom. The van der Waals surface area contributed by atoms with Crippen LogP contribution in [0.1, 0.15) is 5.56 Å². The van der Waals surface area contributed by atoms with E-state index in [9.17, 15) is 0 Å². The van der Waals surface area contributed by atoms with Crippen molar-refractivity contribution in [3.8, 4) is 0 Å². The monoisotopic (exact) mass is 268 g/mol. The molecule has 19 heavy (non-hydrogen) atoms. The maximum Gasteiger partial charge on any atom is 0.231 e. The van der Waals surface area contributed by atoms with Gasteiger partial charge in [0, 0.05) is 5.69 Å². The summed E-state index contributed by atoms with van der Waals surface area (Å²) in [6, 6.07) is 13.4. The van der Waals surface area contributed by atoms with Crippen LogP contribution in [0.3, 0.4) is 0 Å². The molecule has 0 aliphatic heterocycles. The lowest BCUT2D eigenvalue weighted by molar-refractivity contribution is 1.21. The molecule has 1 heterocycles. The van der Waals surface area contributed by atoms with Crippen LogP contribution in [0.4, 0.5) is 16.5 Å². The molecule has 4 nitrogen and oxygen atoms in total. The minimum absolute atomic E-state index is 0.668. The van der Waals surface area contributed by atoms with Crippen molar-refractivity contribution in [3.63, 3.8) is 0 Å². The van der Waals surface area contributed by atoms with Crippen molar-refractivity contribution in [1.29, 1.82) is 0 Å². The summed E-state index contributed by atoms with van der Waals surface area (Å²) in [4.78, 5) is 4.48. The lowest BCUT2D eigenvalue weighted by Crippen LogP contribution is -1.80. The number of nitrogen functional groups attached to an aromatic ring is 1. The van der Waals surface area contributed by atoms with Gasteiger partial charge in [-0.15, -0.1) is 10.2 Å². The first-order valence-corrected chi connectivity index (χ1v) is 6.67. The highest BCUT2D eigenvalue weighted by molar-refractivity contribution is 7.21. The SMILES string of the molecule is Cc1cccc2sc(N=Nc3ccc(N)cc3)nc12. The summed E-state index contributed by atoms with van der Waals surface area (Å²) in [6.07, 6.45) is 0. The Labute approximate surface area is 114 Å². The number of hydrogen-bond acceptors (Lipinski definition) is 5. The van der Waals surface area contributed by atoms with Gasteiger partial charge in [-0.2, -0.15) is 0 Å². The van der Waals surface area contributed by atoms with Gasteiger partial charge in [0.15, 0.2) is 0 Å². The zero-order valence-corrected chi connectivity index (χ0v) is 11.2. The third kappa shape index (κ3) is 2.46. The van der Waals surface area contributed by atoms with E-state index in [0.717, 1.165) is 27.2 Å². The van der Waals surface area contributed by atoms with Crippen molar-refractivity contribution >= 4 is 38.1 Å². The first-order valence-electron chi connectivity index (χ1n) is 5.86. The maximum atomic E-state index is 5.62. The number of hydrogen-bond donors (Lipinski definition) is 1. The first kappa shape index (κ1) is 11.8. The molecule has 2 N–H and O–H groups in total. The fourth-order valence-electron chi connectivity index (χ4n) is 1.76. The normalized spacial score (nSPS) is 11.4. The van der Waals surface area contributed by atoms with Crippen molar-refractivity contribution in [1.82, 2.24) is 4.98 Å². The molecule has 0 aliphatic carbocycles. The average molecular weight is 268 g/mol. The molecule has 0 unspecified atom stereocenters. The molecule has 94 valence electrons.